The maximum absolute atomic E-state index is 6.19. The Balaban J connectivity index is 2.62. The molecule has 1 heterocycles. The number of furan rings is 1. The monoisotopic (exact) mass is 294 g/mol. The van der Waals surface area contributed by atoms with Gasteiger partial charge in [-0.05, 0) is 40.5 Å². The Bertz CT molecular complexity index is 700. The quantitative estimate of drug-likeness (QED) is 0.548. The molecule has 16 heavy (non-hydrogen) atoms. The highest BCUT2D eigenvalue weighted by Crippen LogP contribution is 2.38. The van der Waals surface area contributed by atoms with Gasteiger partial charge in [-0.2, -0.15) is 0 Å². The van der Waals surface area contributed by atoms with E-state index in [1.54, 1.807) is 0 Å². The smallest absolute Gasteiger partial charge is 0.149 e. The van der Waals surface area contributed by atoms with Crippen molar-refractivity contribution < 1.29 is 4.42 Å². The highest BCUT2D eigenvalue weighted by Gasteiger charge is 2.12. The van der Waals surface area contributed by atoms with Gasteiger partial charge in [-0.3, -0.25) is 0 Å². The number of hydrogen-bond acceptors (Lipinski definition) is 1. The van der Waals surface area contributed by atoms with Crippen molar-refractivity contribution in [3.8, 4) is 0 Å². The summed E-state index contributed by atoms with van der Waals surface area (Å²) in [6, 6.07) is 9.82. The Labute approximate surface area is 106 Å². The van der Waals surface area contributed by atoms with Crippen LogP contribution in [0.2, 0.25) is 5.02 Å². The fraction of sp³-hybridized carbons (Fsp3) is 0.0769. The van der Waals surface area contributed by atoms with Crippen LogP contribution < -0.4 is 0 Å². The van der Waals surface area contributed by atoms with Gasteiger partial charge in [0.15, 0.2) is 0 Å². The minimum absolute atomic E-state index is 0.729. The van der Waals surface area contributed by atoms with Crippen molar-refractivity contribution in [3.63, 3.8) is 0 Å². The Hall–Kier alpha value is -0.990. The second kappa shape index (κ2) is 3.51. The van der Waals surface area contributed by atoms with Gasteiger partial charge in [-0.1, -0.05) is 29.8 Å². The maximum Gasteiger partial charge on any atom is 0.149 e. The molecular weight excluding hydrogens is 287 g/mol. The number of fused-ring (bicyclic) bond motifs is 3. The predicted molar refractivity (Wildman–Crippen MR) is 71.2 cm³/mol. The standard InChI is InChI=1S/C13H8BrClO/c1-7-5-6-8-11-9(15)3-2-4-10(11)16-13(8)12(7)14/h2-6H,1H3. The van der Waals surface area contributed by atoms with E-state index in [0.717, 1.165) is 37.0 Å². The summed E-state index contributed by atoms with van der Waals surface area (Å²) in [5.41, 5.74) is 2.85. The molecule has 0 radical (unpaired) electrons. The molecule has 0 atom stereocenters. The van der Waals surface area contributed by atoms with Crippen LogP contribution in [0, 0.1) is 6.92 Å². The van der Waals surface area contributed by atoms with Gasteiger partial charge in [0.2, 0.25) is 0 Å². The van der Waals surface area contributed by atoms with E-state index >= 15 is 0 Å². The average Bonchev–Trinajstić information content (AvgIpc) is 2.64. The first-order valence-electron chi connectivity index (χ1n) is 4.94. The van der Waals surface area contributed by atoms with Crippen LogP contribution in [-0.2, 0) is 0 Å². The lowest BCUT2D eigenvalue weighted by molar-refractivity contribution is 0.666. The number of halogens is 2. The minimum atomic E-state index is 0.729. The van der Waals surface area contributed by atoms with Crippen molar-refractivity contribution >= 4 is 49.5 Å². The topological polar surface area (TPSA) is 13.1 Å². The molecule has 0 spiro atoms. The predicted octanol–water partition coefficient (Wildman–Crippen LogP) is 5.31. The third-order valence-electron chi connectivity index (χ3n) is 2.75. The second-order valence-corrected chi connectivity index (χ2v) is 4.99. The third kappa shape index (κ3) is 1.30. The van der Waals surface area contributed by atoms with Crippen LogP contribution in [0.25, 0.3) is 21.9 Å². The van der Waals surface area contributed by atoms with Gasteiger partial charge in [0.1, 0.15) is 11.2 Å². The van der Waals surface area contributed by atoms with Crippen molar-refractivity contribution in [3.05, 3.63) is 45.4 Å². The summed E-state index contributed by atoms with van der Waals surface area (Å²) < 4.78 is 6.81. The Kier molecular flexibility index (Phi) is 2.23. The second-order valence-electron chi connectivity index (χ2n) is 3.79. The molecule has 3 heteroatoms. The summed E-state index contributed by atoms with van der Waals surface area (Å²) in [7, 11) is 0. The van der Waals surface area contributed by atoms with E-state index in [1.165, 1.54) is 0 Å². The molecule has 0 saturated carbocycles. The van der Waals surface area contributed by atoms with Crippen LogP contribution in [-0.4, -0.2) is 0 Å². The van der Waals surface area contributed by atoms with Crippen molar-refractivity contribution in [1.82, 2.24) is 0 Å². The van der Waals surface area contributed by atoms with E-state index in [0.29, 0.717) is 0 Å². The molecule has 0 amide bonds. The van der Waals surface area contributed by atoms with Gasteiger partial charge in [0.05, 0.1) is 9.50 Å². The molecule has 1 aromatic heterocycles. The zero-order valence-corrected chi connectivity index (χ0v) is 10.9. The summed E-state index contributed by atoms with van der Waals surface area (Å²) in [4.78, 5) is 0. The van der Waals surface area contributed by atoms with Crippen LogP contribution in [0.3, 0.4) is 0 Å². The zero-order valence-electron chi connectivity index (χ0n) is 8.55. The molecule has 0 aliphatic heterocycles. The molecule has 3 rings (SSSR count). The SMILES string of the molecule is Cc1ccc2c(oc3cccc(Cl)c32)c1Br. The van der Waals surface area contributed by atoms with E-state index in [9.17, 15) is 0 Å². The van der Waals surface area contributed by atoms with Gasteiger partial charge in [-0.15, -0.1) is 0 Å². The molecule has 1 nitrogen and oxygen atoms in total. The maximum atomic E-state index is 6.19. The van der Waals surface area contributed by atoms with E-state index in [1.807, 2.05) is 31.2 Å². The van der Waals surface area contributed by atoms with E-state index in [4.69, 9.17) is 16.0 Å². The summed E-state index contributed by atoms with van der Waals surface area (Å²) in [6.45, 7) is 2.04. The molecule has 80 valence electrons. The van der Waals surface area contributed by atoms with Gasteiger partial charge in [-0.25, -0.2) is 0 Å². The molecule has 2 aromatic carbocycles. The number of rotatable bonds is 0. The highest BCUT2D eigenvalue weighted by atomic mass is 79.9. The first-order valence-corrected chi connectivity index (χ1v) is 6.11. The molecule has 0 fully saturated rings. The summed E-state index contributed by atoms with van der Waals surface area (Å²) in [5.74, 6) is 0. The van der Waals surface area contributed by atoms with E-state index < -0.39 is 0 Å². The lowest BCUT2D eigenvalue weighted by Crippen LogP contribution is -1.75. The largest absolute Gasteiger partial charge is 0.455 e. The lowest BCUT2D eigenvalue weighted by atomic mass is 10.1. The fourth-order valence-electron chi connectivity index (χ4n) is 1.91. The zero-order chi connectivity index (χ0) is 11.3. The molecule has 0 N–H and O–H groups in total. The first kappa shape index (κ1) is 10.2. The van der Waals surface area contributed by atoms with Crippen LogP contribution >= 0.6 is 27.5 Å². The minimum Gasteiger partial charge on any atom is -0.455 e. The molecule has 0 aliphatic rings. The molecular formula is C13H8BrClO. The van der Waals surface area contributed by atoms with Crippen LogP contribution in [0.5, 0.6) is 0 Å². The van der Waals surface area contributed by atoms with Crippen LogP contribution in [0.4, 0.5) is 0 Å². The molecule has 0 bridgehead atoms. The summed E-state index contributed by atoms with van der Waals surface area (Å²) >= 11 is 9.74. The lowest BCUT2D eigenvalue weighted by Gasteiger charge is -1.97. The molecule has 0 unspecified atom stereocenters. The van der Waals surface area contributed by atoms with Crippen molar-refractivity contribution in [2.75, 3.05) is 0 Å². The highest BCUT2D eigenvalue weighted by molar-refractivity contribution is 9.10. The Morgan fingerprint density at radius 2 is 2.00 bits per heavy atom. The van der Waals surface area contributed by atoms with Gasteiger partial charge in [0.25, 0.3) is 0 Å². The molecule has 3 aromatic rings. The van der Waals surface area contributed by atoms with Crippen LogP contribution in [0.15, 0.2) is 39.2 Å². The number of benzene rings is 2. The summed E-state index contributed by atoms with van der Waals surface area (Å²) in [5, 5.41) is 2.77. The molecule has 0 aliphatic carbocycles. The summed E-state index contributed by atoms with van der Waals surface area (Å²) in [6.07, 6.45) is 0. The normalized spacial score (nSPS) is 11.4. The Morgan fingerprint density at radius 3 is 2.81 bits per heavy atom. The van der Waals surface area contributed by atoms with Gasteiger partial charge >= 0.3 is 0 Å². The van der Waals surface area contributed by atoms with Crippen LogP contribution in [0.1, 0.15) is 5.56 Å². The first-order chi connectivity index (χ1) is 7.68. The van der Waals surface area contributed by atoms with E-state index in [2.05, 4.69) is 22.0 Å². The average molecular weight is 296 g/mol. The van der Waals surface area contributed by atoms with Gasteiger partial charge in [0, 0.05) is 10.8 Å². The van der Waals surface area contributed by atoms with Crippen molar-refractivity contribution in [2.45, 2.75) is 6.92 Å². The van der Waals surface area contributed by atoms with E-state index in [-0.39, 0.29) is 0 Å². The third-order valence-corrected chi connectivity index (χ3v) is 4.05. The number of hydrogen-bond donors (Lipinski definition) is 0. The Morgan fingerprint density at radius 1 is 1.19 bits per heavy atom. The van der Waals surface area contributed by atoms with Crippen molar-refractivity contribution in [2.24, 2.45) is 0 Å². The van der Waals surface area contributed by atoms with Gasteiger partial charge < -0.3 is 4.42 Å². The van der Waals surface area contributed by atoms with Crippen molar-refractivity contribution in [1.29, 1.82) is 0 Å². The molecule has 0 saturated heterocycles. The fourth-order valence-corrected chi connectivity index (χ4v) is 2.61. The number of aryl methyl sites for hydroxylation is 1.